The molecule has 2 aromatic rings. The second-order valence-electron chi connectivity index (χ2n) is 5.57. The predicted octanol–water partition coefficient (Wildman–Crippen LogP) is 1.89. The molecule has 22 heavy (non-hydrogen) atoms. The third kappa shape index (κ3) is 2.87. The predicted molar refractivity (Wildman–Crippen MR) is 85.4 cm³/mol. The van der Waals surface area contributed by atoms with Crippen LogP contribution in [0.1, 0.15) is 21.6 Å². The van der Waals surface area contributed by atoms with Crippen LogP contribution >= 0.6 is 0 Å². The fraction of sp³-hybridized carbons (Fsp3) is 0.250. The van der Waals surface area contributed by atoms with Gasteiger partial charge in [0.2, 0.25) is 0 Å². The molecule has 0 saturated carbocycles. The number of benzene rings is 1. The van der Waals surface area contributed by atoms with Gasteiger partial charge < -0.3 is 5.32 Å². The van der Waals surface area contributed by atoms with E-state index in [1.807, 2.05) is 32.0 Å². The van der Waals surface area contributed by atoms with Crippen LogP contribution in [0.5, 0.6) is 0 Å². The van der Waals surface area contributed by atoms with Gasteiger partial charge in [0, 0.05) is 16.5 Å². The van der Waals surface area contributed by atoms with Crippen molar-refractivity contribution in [3.63, 3.8) is 0 Å². The molecule has 1 aliphatic heterocycles. The van der Waals surface area contributed by atoms with Gasteiger partial charge in [-0.05, 0) is 37.6 Å². The topological polar surface area (TPSA) is 76.1 Å². The van der Waals surface area contributed by atoms with Crippen LogP contribution in [0.4, 0.5) is 0 Å². The van der Waals surface area contributed by atoms with E-state index in [0.29, 0.717) is 5.56 Å². The average molecular weight is 316 g/mol. The molecular formula is C16H16N2O3S. The van der Waals surface area contributed by atoms with Crippen molar-refractivity contribution in [2.75, 3.05) is 5.75 Å². The summed E-state index contributed by atoms with van der Waals surface area (Å²) in [6.07, 6.45) is 1.51. The van der Waals surface area contributed by atoms with E-state index in [1.165, 1.54) is 6.08 Å². The maximum absolute atomic E-state index is 12.5. The van der Waals surface area contributed by atoms with E-state index >= 15 is 0 Å². The molecule has 3 rings (SSSR count). The molecule has 1 N–H and O–H groups in total. The summed E-state index contributed by atoms with van der Waals surface area (Å²) in [5.41, 5.74) is 3.10. The highest BCUT2D eigenvalue weighted by Crippen LogP contribution is 2.20. The normalized spacial score (nSPS) is 19.5. The third-order valence-electron chi connectivity index (χ3n) is 3.58. The van der Waals surface area contributed by atoms with Gasteiger partial charge >= 0.3 is 0 Å². The Morgan fingerprint density at radius 1 is 1.27 bits per heavy atom. The minimum Gasteiger partial charge on any atom is -0.345 e. The number of pyridine rings is 1. The number of amides is 1. The van der Waals surface area contributed by atoms with Gasteiger partial charge in [-0.15, -0.1) is 0 Å². The largest absolute Gasteiger partial charge is 0.345 e. The van der Waals surface area contributed by atoms with Crippen LogP contribution in [0, 0.1) is 13.8 Å². The summed E-state index contributed by atoms with van der Waals surface area (Å²) >= 11 is 0. The number of carbonyl (C=O) groups is 1. The Kier molecular flexibility index (Phi) is 3.48. The number of hydrogen-bond donors (Lipinski definition) is 1. The lowest BCUT2D eigenvalue weighted by Crippen LogP contribution is -2.35. The fourth-order valence-electron chi connectivity index (χ4n) is 2.57. The zero-order chi connectivity index (χ0) is 15.9. The molecule has 5 nitrogen and oxygen atoms in total. The highest BCUT2D eigenvalue weighted by Gasteiger charge is 2.24. The Bertz CT molecular complexity index is 896. The maximum atomic E-state index is 12.5. The number of nitrogens with one attached hydrogen (secondary N) is 1. The van der Waals surface area contributed by atoms with Crippen molar-refractivity contribution in [2.24, 2.45) is 0 Å². The first-order valence-corrected chi connectivity index (χ1v) is 8.65. The van der Waals surface area contributed by atoms with Gasteiger partial charge in [0.25, 0.3) is 5.91 Å². The van der Waals surface area contributed by atoms with Crippen molar-refractivity contribution in [3.8, 4) is 0 Å². The number of aryl methyl sites for hydroxylation is 2. The monoisotopic (exact) mass is 316 g/mol. The molecule has 0 bridgehead atoms. The van der Waals surface area contributed by atoms with Gasteiger partial charge in [0.1, 0.15) is 0 Å². The third-order valence-corrected chi connectivity index (χ3v) is 4.98. The van der Waals surface area contributed by atoms with E-state index in [0.717, 1.165) is 27.6 Å². The number of fused-ring (bicyclic) bond motifs is 1. The molecule has 0 spiro atoms. The summed E-state index contributed by atoms with van der Waals surface area (Å²) in [6, 6.07) is 6.97. The number of nitrogens with zero attached hydrogens (tertiary/aromatic N) is 1. The minimum absolute atomic E-state index is 0.0835. The molecule has 0 saturated heterocycles. The summed E-state index contributed by atoms with van der Waals surface area (Å²) in [4.78, 5) is 16.9. The number of aromatic nitrogens is 1. The van der Waals surface area contributed by atoms with Crippen molar-refractivity contribution in [2.45, 2.75) is 19.9 Å². The zero-order valence-corrected chi connectivity index (χ0v) is 13.1. The van der Waals surface area contributed by atoms with E-state index in [-0.39, 0.29) is 11.7 Å². The van der Waals surface area contributed by atoms with Crippen LogP contribution in [0.3, 0.4) is 0 Å². The van der Waals surface area contributed by atoms with Crippen LogP contribution < -0.4 is 5.32 Å². The standard InChI is InChI=1S/C16H16N2O3S/c1-10-3-4-13-14(8-11(2)17-15(13)7-10)16(19)18-12-5-6-22(20,21)9-12/h3-8,12H,9H2,1-2H3,(H,18,19)/t12-/m1/s1. The SMILES string of the molecule is Cc1ccc2c(C(=O)N[C@@H]3C=CS(=O)(=O)C3)cc(C)nc2c1. The molecule has 1 atom stereocenters. The van der Waals surface area contributed by atoms with E-state index in [4.69, 9.17) is 0 Å². The van der Waals surface area contributed by atoms with E-state index in [9.17, 15) is 13.2 Å². The molecule has 0 aliphatic carbocycles. The van der Waals surface area contributed by atoms with Crippen molar-refractivity contribution < 1.29 is 13.2 Å². The highest BCUT2D eigenvalue weighted by atomic mass is 32.2. The van der Waals surface area contributed by atoms with Crippen LogP contribution in [0.15, 0.2) is 35.7 Å². The summed E-state index contributed by atoms with van der Waals surface area (Å²) in [5, 5.41) is 4.66. The lowest BCUT2D eigenvalue weighted by Gasteiger charge is -2.12. The minimum atomic E-state index is -3.19. The molecule has 6 heteroatoms. The fourth-order valence-corrected chi connectivity index (χ4v) is 3.81. The molecule has 0 unspecified atom stereocenters. The Morgan fingerprint density at radius 2 is 2.05 bits per heavy atom. The van der Waals surface area contributed by atoms with Gasteiger partial charge in [-0.2, -0.15) is 0 Å². The number of hydrogen-bond acceptors (Lipinski definition) is 4. The van der Waals surface area contributed by atoms with Crippen LogP contribution in [0.25, 0.3) is 10.9 Å². The molecule has 114 valence electrons. The Morgan fingerprint density at radius 3 is 2.73 bits per heavy atom. The Balaban J connectivity index is 1.96. The zero-order valence-electron chi connectivity index (χ0n) is 12.3. The first-order chi connectivity index (χ1) is 10.3. The van der Waals surface area contributed by atoms with Gasteiger partial charge in [0.05, 0.1) is 22.9 Å². The van der Waals surface area contributed by atoms with Crippen molar-refractivity contribution in [3.05, 3.63) is 52.6 Å². The van der Waals surface area contributed by atoms with Crippen molar-refractivity contribution >= 4 is 26.6 Å². The second-order valence-corrected chi connectivity index (χ2v) is 7.50. The number of carbonyl (C=O) groups excluding carboxylic acids is 1. The summed E-state index contributed by atoms with van der Waals surface area (Å²) in [5.74, 6) is -0.370. The molecule has 0 radical (unpaired) electrons. The first kappa shape index (κ1) is 14.7. The quantitative estimate of drug-likeness (QED) is 0.918. The molecule has 1 aromatic carbocycles. The summed E-state index contributed by atoms with van der Waals surface area (Å²) < 4.78 is 22.8. The average Bonchev–Trinajstić information content (AvgIpc) is 2.76. The lowest BCUT2D eigenvalue weighted by molar-refractivity contribution is 0.0949. The highest BCUT2D eigenvalue weighted by molar-refractivity contribution is 7.94. The molecule has 1 amide bonds. The van der Waals surface area contributed by atoms with Crippen LogP contribution in [0.2, 0.25) is 0 Å². The van der Waals surface area contributed by atoms with E-state index in [1.54, 1.807) is 6.07 Å². The number of sulfone groups is 1. The summed E-state index contributed by atoms with van der Waals surface area (Å²) in [7, 11) is -3.19. The van der Waals surface area contributed by atoms with E-state index < -0.39 is 15.9 Å². The van der Waals surface area contributed by atoms with Gasteiger partial charge in [0.15, 0.2) is 9.84 Å². The van der Waals surface area contributed by atoms with Gasteiger partial charge in [-0.1, -0.05) is 12.1 Å². The molecule has 1 aromatic heterocycles. The van der Waals surface area contributed by atoms with E-state index in [2.05, 4.69) is 10.3 Å². The Labute approximate surface area is 129 Å². The van der Waals surface area contributed by atoms with Gasteiger partial charge in [-0.3, -0.25) is 9.78 Å². The Hall–Kier alpha value is -2.21. The molecule has 0 fully saturated rings. The maximum Gasteiger partial charge on any atom is 0.252 e. The van der Waals surface area contributed by atoms with Crippen LogP contribution in [-0.4, -0.2) is 31.1 Å². The van der Waals surface area contributed by atoms with Crippen molar-refractivity contribution in [1.29, 1.82) is 0 Å². The first-order valence-electron chi connectivity index (χ1n) is 6.94. The van der Waals surface area contributed by atoms with Crippen LogP contribution in [-0.2, 0) is 9.84 Å². The molecular weight excluding hydrogens is 300 g/mol. The number of rotatable bonds is 2. The molecule has 1 aliphatic rings. The molecule has 2 heterocycles. The van der Waals surface area contributed by atoms with Crippen molar-refractivity contribution in [1.82, 2.24) is 10.3 Å². The summed E-state index contributed by atoms with van der Waals surface area (Å²) in [6.45, 7) is 3.80. The lowest BCUT2D eigenvalue weighted by atomic mass is 10.0. The smallest absolute Gasteiger partial charge is 0.252 e. The second kappa shape index (κ2) is 5.21. The van der Waals surface area contributed by atoms with Gasteiger partial charge in [-0.25, -0.2) is 8.42 Å².